The van der Waals surface area contributed by atoms with Gasteiger partial charge in [0.05, 0.1) is 11.4 Å². The number of aliphatic carboxylic acids is 2. The van der Waals surface area contributed by atoms with Crippen LogP contribution < -0.4 is 5.32 Å². The number of carboxylic acid groups (broad SMARTS) is 2. The summed E-state index contributed by atoms with van der Waals surface area (Å²) in [6.45, 7) is 6.22. The van der Waals surface area contributed by atoms with Crippen molar-refractivity contribution in [2.45, 2.75) is 83.3 Å². The fraction of sp³-hybridized carbons (Fsp3) is 0.750. The molecule has 11 nitrogen and oxygen atoms in total. The molecule has 0 aromatic carbocycles. The third kappa shape index (κ3) is 5.48. The molecule has 1 saturated heterocycles. The van der Waals surface area contributed by atoms with Crippen LogP contribution in [0, 0.1) is 28.6 Å². The van der Waals surface area contributed by atoms with Crippen molar-refractivity contribution in [3.63, 3.8) is 0 Å². The van der Waals surface area contributed by atoms with Crippen molar-refractivity contribution in [1.29, 1.82) is 0 Å². The van der Waals surface area contributed by atoms with Crippen LogP contribution in [-0.4, -0.2) is 76.4 Å². The van der Waals surface area contributed by atoms with Crippen LogP contribution in [-0.2, 0) is 24.1 Å². The number of carboxylic acids is 2. The fourth-order valence-electron chi connectivity index (χ4n) is 7.96. The molecule has 39 heavy (non-hydrogen) atoms. The van der Waals surface area contributed by atoms with Gasteiger partial charge in [-0.1, -0.05) is 24.2 Å². The number of fused-ring (bicyclic) bond motifs is 5. The van der Waals surface area contributed by atoms with Crippen LogP contribution in [0.3, 0.4) is 0 Å². The SMILES string of the molecule is CO/N=C1\C[C@H]2[C@@H]3CCC(=O)[C@@]3(C)CC[C@@H]2[C@@]2(C)CCC(=NO[C@@H]3CCNC3)C[C@]12O.O=C(O)/C=C/C(=O)O. The number of ketones is 1. The molecule has 5 fully saturated rings. The van der Waals surface area contributed by atoms with E-state index in [0.29, 0.717) is 55.0 Å². The van der Waals surface area contributed by atoms with Crippen LogP contribution >= 0.6 is 0 Å². The molecule has 4 aliphatic carbocycles. The molecule has 5 rings (SSSR count). The van der Waals surface area contributed by atoms with Gasteiger partial charge in [0.2, 0.25) is 0 Å². The molecule has 0 bridgehead atoms. The smallest absolute Gasteiger partial charge is 0.328 e. The van der Waals surface area contributed by atoms with E-state index in [0.717, 1.165) is 63.0 Å². The molecule has 1 heterocycles. The van der Waals surface area contributed by atoms with Crippen molar-refractivity contribution < 1.29 is 39.4 Å². The number of carbonyl (C=O) groups excluding carboxylic acids is 1. The number of hydrogen-bond donors (Lipinski definition) is 4. The predicted molar refractivity (Wildman–Crippen MR) is 142 cm³/mol. The highest BCUT2D eigenvalue weighted by Crippen LogP contribution is 2.65. The first-order valence-corrected chi connectivity index (χ1v) is 13.9. The first-order valence-electron chi connectivity index (χ1n) is 13.9. The molecule has 0 amide bonds. The summed E-state index contributed by atoms with van der Waals surface area (Å²) in [7, 11) is 1.55. The molecule has 0 aromatic heterocycles. The lowest BCUT2D eigenvalue weighted by Gasteiger charge is -2.62. The van der Waals surface area contributed by atoms with Crippen molar-refractivity contribution >= 4 is 29.1 Å². The molecular formula is C28H41N3O8. The monoisotopic (exact) mass is 547 g/mol. The van der Waals surface area contributed by atoms with E-state index < -0.39 is 17.5 Å². The summed E-state index contributed by atoms with van der Waals surface area (Å²) >= 11 is 0. The summed E-state index contributed by atoms with van der Waals surface area (Å²) < 4.78 is 0. The number of nitrogens with one attached hydrogen (secondary N) is 1. The zero-order chi connectivity index (χ0) is 28.4. The Kier molecular flexibility index (Phi) is 8.51. The molecule has 216 valence electrons. The standard InChI is InChI=1S/C24H37N3O4.C4H4O4/c1-22-9-7-19-17(18(22)4-5-21(22)28)12-20(27-30-3)24(29)13-15(6-10-23(19,24)2)26-31-16-8-11-25-14-16;5-3(6)1-2-4(7)8/h16-19,25,29H,4-14H2,1-3H3;1-2H,(H,5,6)(H,7,8)/b26-15?,27-20+;2-1+/t16-,17+,18+,19+,22+,23-,24+;/m1./s1. The number of carbonyl (C=O) groups is 3. The van der Waals surface area contributed by atoms with Gasteiger partial charge in [0.1, 0.15) is 24.6 Å². The van der Waals surface area contributed by atoms with E-state index >= 15 is 0 Å². The zero-order valence-corrected chi connectivity index (χ0v) is 23.0. The van der Waals surface area contributed by atoms with Gasteiger partial charge in [-0.2, -0.15) is 0 Å². The number of aliphatic hydroxyl groups is 1. The molecule has 1 aliphatic heterocycles. The third-order valence-corrected chi connectivity index (χ3v) is 10.1. The first-order chi connectivity index (χ1) is 18.4. The van der Waals surface area contributed by atoms with E-state index in [1.165, 1.54) is 0 Å². The molecule has 0 unspecified atom stereocenters. The normalized spacial score (nSPS) is 41.4. The zero-order valence-electron chi connectivity index (χ0n) is 23.0. The van der Waals surface area contributed by atoms with Crippen LogP contribution in [0.25, 0.3) is 0 Å². The van der Waals surface area contributed by atoms with Crippen molar-refractivity contribution in [3.8, 4) is 0 Å². The van der Waals surface area contributed by atoms with E-state index in [1.54, 1.807) is 7.11 Å². The minimum Gasteiger partial charge on any atom is -0.478 e. The molecule has 0 aromatic rings. The highest BCUT2D eigenvalue weighted by atomic mass is 16.6. The lowest BCUT2D eigenvalue weighted by Crippen LogP contribution is -2.66. The molecule has 4 N–H and O–H groups in total. The molecule has 4 saturated carbocycles. The molecule has 0 spiro atoms. The summed E-state index contributed by atoms with van der Waals surface area (Å²) in [5, 5.41) is 40.0. The molecule has 7 atom stereocenters. The van der Waals surface area contributed by atoms with Crippen molar-refractivity contribution in [2.24, 2.45) is 38.9 Å². The fourth-order valence-corrected chi connectivity index (χ4v) is 7.96. The van der Waals surface area contributed by atoms with Gasteiger partial charge in [-0.15, -0.1) is 0 Å². The van der Waals surface area contributed by atoms with Gasteiger partial charge >= 0.3 is 11.9 Å². The van der Waals surface area contributed by atoms with Crippen LogP contribution in [0.1, 0.15) is 71.6 Å². The van der Waals surface area contributed by atoms with Gasteiger partial charge in [0.25, 0.3) is 0 Å². The predicted octanol–water partition coefficient (Wildman–Crippen LogP) is 2.77. The summed E-state index contributed by atoms with van der Waals surface area (Å²) in [4.78, 5) is 42.9. The second kappa shape index (κ2) is 11.4. The topological polar surface area (TPSA) is 167 Å². The summed E-state index contributed by atoms with van der Waals surface area (Å²) in [6.07, 6.45) is 8.68. The van der Waals surface area contributed by atoms with Crippen LogP contribution in [0.5, 0.6) is 0 Å². The largest absolute Gasteiger partial charge is 0.478 e. The summed E-state index contributed by atoms with van der Waals surface area (Å²) in [6, 6.07) is 0. The lowest BCUT2D eigenvalue weighted by molar-refractivity contribution is -0.146. The lowest BCUT2D eigenvalue weighted by atomic mass is 9.43. The summed E-state index contributed by atoms with van der Waals surface area (Å²) in [5.74, 6) is -0.929. The van der Waals surface area contributed by atoms with Crippen molar-refractivity contribution in [1.82, 2.24) is 5.32 Å². The Morgan fingerprint density at radius 2 is 1.74 bits per heavy atom. The molecule has 0 radical (unpaired) electrons. The third-order valence-electron chi connectivity index (χ3n) is 10.1. The Bertz CT molecular complexity index is 1050. The number of Topliss-reactive ketones (excluding diaryl/α,β-unsaturated/α-hetero) is 1. The summed E-state index contributed by atoms with van der Waals surface area (Å²) in [5.41, 5.74) is 0.0849. The highest BCUT2D eigenvalue weighted by Gasteiger charge is 2.67. The molecule has 11 heteroatoms. The Morgan fingerprint density at radius 3 is 2.36 bits per heavy atom. The maximum Gasteiger partial charge on any atom is 0.328 e. The van der Waals surface area contributed by atoms with Gasteiger partial charge in [0, 0.05) is 48.8 Å². The Balaban J connectivity index is 0.000000386. The van der Waals surface area contributed by atoms with E-state index in [2.05, 4.69) is 29.5 Å². The number of oxime groups is 2. The Hall–Kier alpha value is -2.79. The number of hydrogen-bond acceptors (Lipinski definition) is 9. The molecular weight excluding hydrogens is 506 g/mol. The van der Waals surface area contributed by atoms with Gasteiger partial charge < -0.3 is 30.3 Å². The maximum absolute atomic E-state index is 12.7. The van der Waals surface area contributed by atoms with E-state index in [9.17, 15) is 19.5 Å². The minimum atomic E-state index is -1.26. The van der Waals surface area contributed by atoms with Crippen molar-refractivity contribution in [2.75, 3.05) is 20.2 Å². The first kappa shape index (κ1) is 29.2. The van der Waals surface area contributed by atoms with Gasteiger partial charge in [-0.25, -0.2) is 9.59 Å². The van der Waals surface area contributed by atoms with Crippen LogP contribution in [0.4, 0.5) is 0 Å². The quantitative estimate of drug-likeness (QED) is 0.299. The average molecular weight is 548 g/mol. The maximum atomic E-state index is 12.7. The molecule has 5 aliphatic rings. The Morgan fingerprint density at radius 1 is 1.03 bits per heavy atom. The number of rotatable bonds is 5. The number of nitrogens with zero attached hydrogens (tertiary/aromatic N) is 2. The Labute approximate surface area is 228 Å². The van der Waals surface area contributed by atoms with E-state index in [-0.39, 0.29) is 16.9 Å². The minimum absolute atomic E-state index is 0.120. The second-order valence-electron chi connectivity index (χ2n) is 12.1. The van der Waals surface area contributed by atoms with Gasteiger partial charge in [-0.05, 0) is 62.8 Å². The van der Waals surface area contributed by atoms with Crippen LogP contribution in [0.15, 0.2) is 22.5 Å². The van der Waals surface area contributed by atoms with Crippen molar-refractivity contribution in [3.05, 3.63) is 12.2 Å². The average Bonchev–Trinajstić information content (AvgIpc) is 3.51. The van der Waals surface area contributed by atoms with Crippen LogP contribution in [0.2, 0.25) is 0 Å². The van der Waals surface area contributed by atoms with Gasteiger partial charge in [0.15, 0.2) is 0 Å². The van der Waals surface area contributed by atoms with Gasteiger partial charge in [-0.3, -0.25) is 4.79 Å². The highest BCUT2D eigenvalue weighted by molar-refractivity contribution is 6.01. The van der Waals surface area contributed by atoms with E-state index in [4.69, 9.17) is 19.9 Å². The second-order valence-corrected chi connectivity index (χ2v) is 12.1. The van der Waals surface area contributed by atoms with E-state index in [1.807, 2.05) is 0 Å².